The number of aromatic nitrogens is 3. The molecular weight excluding hydrogens is 385 g/mol. The van der Waals surface area contributed by atoms with Crippen LogP contribution in [0.4, 0.5) is 0 Å². The Morgan fingerprint density at radius 2 is 1.46 bits per heavy atom. The van der Waals surface area contributed by atoms with Gasteiger partial charge in [-0.05, 0) is 0 Å². The van der Waals surface area contributed by atoms with Gasteiger partial charge in [-0.15, -0.1) is 0 Å². The second-order valence-electron chi connectivity index (χ2n) is 6.11. The fourth-order valence-corrected chi connectivity index (χ4v) is 4.35. The van der Waals surface area contributed by atoms with Gasteiger partial charge in [-0.3, -0.25) is 0 Å². The summed E-state index contributed by atoms with van der Waals surface area (Å²) in [6.45, 7) is 2.10. The minimum atomic E-state index is 0.195. The molecule has 3 nitrogen and oxygen atoms in total. The van der Waals surface area contributed by atoms with Gasteiger partial charge < -0.3 is 0 Å². The zero-order valence-electron chi connectivity index (χ0n) is 14.5. The van der Waals surface area contributed by atoms with Crippen molar-refractivity contribution < 1.29 is 0 Å². The van der Waals surface area contributed by atoms with Gasteiger partial charge in [0.25, 0.3) is 0 Å². The minimum absolute atomic E-state index is 0.195. The number of hydrogen-bond donors (Lipinski definition) is 0. The Hall–Kier alpha value is -2.68. The van der Waals surface area contributed by atoms with E-state index in [1.165, 1.54) is 11.1 Å². The molecule has 3 aromatic carbocycles. The van der Waals surface area contributed by atoms with Crippen LogP contribution in [0.15, 0.2) is 84.9 Å². The first-order valence-corrected chi connectivity index (χ1v) is 10.6. The third kappa shape index (κ3) is 3.77. The Kier molecular flexibility index (Phi) is 4.96. The molecule has 4 aromatic rings. The van der Waals surface area contributed by atoms with Crippen molar-refractivity contribution in [2.45, 2.75) is 12.2 Å². The number of para-hydroxylation sites is 1. The Balaban J connectivity index is 1.69. The third-order valence-corrected chi connectivity index (χ3v) is 6.02. The molecule has 0 atom stereocenters. The molecule has 1 aromatic heterocycles. The van der Waals surface area contributed by atoms with E-state index < -0.39 is 0 Å². The molecule has 0 aliphatic rings. The van der Waals surface area contributed by atoms with E-state index in [-0.39, 0.29) is 15.0 Å². The molecule has 0 fully saturated rings. The van der Waals surface area contributed by atoms with Crippen LogP contribution in [-0.2, 0) is 5.32 Å². The molecular formula is C22H19N3Se. The van der Waals surface area contributed by atoms with Crippen LogP contribution >= 0.6 is 0 Å². The quantitative estimate of drug-likeness (QED) is 0.474. The predicted octanol–water partition coefficient (Wildman–Crippen LogP) is 3.77. The monoisotopic (exact) mass is 405 g/mol. The van der Waals surface area contributed by atoms with Crippen molar-refractivity contribution >= 4 is 19.7 Å². The van der Waals surface area contributed by atoms with E-state index in [2.05, 4.69) is 67.6 Å². The maximum atomic E-state index is 4.88. The summed E-state index contributed by atoms with van der Waals surface area (Å²) in [5.74, 6) is 0.904. The molecule has 4 rings (SSSR count). The zero-order valence-corrected chi connectivity index (χ0v) is 16.3. The van der Waals surface area contributed by atoms with Gasteiger partial charge in [0.2, 0.25) is 0 Å². The number of benzene rings is 3. The topological polar surface area (TPSA) is 30.7 Å². The molecule has 0 saturated heterocycles. The van der Waals surface area contributed by atoms with Gasteiger partial charge in [0, 0.05) is 0 Å². The van der Waals surface area contributed by atoms with Gasteiger partial charge >= 0.3 is 160 Å². The van der Waals surface area contributed by atoms with E-state index in [0.29, 0.717) is 0 Å². The average molecular weight is 404 g/mol. The van der Waals surface area contributed by atoms with Gasteiger partial charge in [0.1, 0.15) is 0 Å². The standard InChI is InChI=1S/C22H19N3Se/c1-17-12-14-19(15-13-17)21-23-22(26-16-18-8-4-2-5-9-18)24-25(21)20-10-6-3-7-11-20/h2-15H,16H2,1H3. The van der Waals surface area contributed by atoms with Gasteiger partial charge in [-0.1, -0.05) is 0 Å². The first kappa shape index (κ1) is 16.8. The van der Waals surface area contributed by atoms with E-state index in [4.69, 9.17) is 10.1 Å². The van der Waals surface area contributed by atoms with Crippen LogP contribution in [0, 0.1) is 6.92 Å². The second kappa shape index (κ2) is 7.69. The Bertz CT molecular complexity index is 977. The van der Waals surface area contributed by atoms with Crippen LogP contribution in [0.5, 0.6) is 0 Å². The molecule has 0 radical (unpaired) electrons. The molecule has 0 aliphatic heterocycles. The first-order chi connectivity index (χ1) is 12.8. The van der Waals surface area contributed by atoms with Crippen LogP contribution in [0.2, 0.25) is 0 Å². The van der Waals surface area contributed by atoms with Gasteiger partial charge in [-0.2, -0.15) is 0 Å². The van der Waals surface area contributed by atoms with Crippen molar-refractivity contribution in [3.63, 3.8) is 0 Å². The SMILES string of the molecule is Cc1ccc(-c2nc([Se]Cc3ccccc3)nn2-c2ccccc2)cc1. The summed E-state index contributed by atoms with van der Waals surface area (Å²) in [6, 6.07) is 29.2. The molecule has 0 amide bonds. The normalized spacial score (nSPS) is 10.8. The molecule has 4 heteroatoms. The van der Waals surface area contributed by atoms with Gasteiger partial charge in [0.15, 0.2) is 0 Å². The third-order valence-electron chi connectivity index (χ3n) is 4.11. The number of hydrogen-bond acceptors (Lipinski definition) is 2. The van der Waals surface area contributed by atoms with E-state index in [1.807, 2.05) is 28.9 Å². The van der Waals surface area contributed by atoms with Crippen molar-refractivity contribution in [3.8, 4) is 17.1 Å². The van der Waals surface area contributed by atoms with Crippen molar-refractivity contribution in [1.82, 2.24) is 14.8 Å². The number of aryl methyl sites for hydroxylation is 1. The summed E-state index contributed by atoms with van der Waals surface area (Å²) in [5.41, 5.74) is 4.71. The van der Waals surface area contributed by atoms with E-state index in [0.717, 1.165) is 27.1 Å². The van der Waals surface area contributed by atoms with Crippen molar-refractivity contribution in [2.24, 2.45) is 0 Å². The van der Waals surface area contributed by atoms with Crippen molar-refractivity contribution in [2.75, 3.05) is 0 Å². The molecule has 0 aliphatic carbocycles. The summed E-state index contributed by atoms with van der Waals surface area (Å²) in [7, 11) is 0. The Morgan fingerprint density at radius 3 is 2.15 bits per heavy atom. The van der Waals surface area contributed by atoms with Gasteiger partial charge in [0.05, 0.1) is 0 Å². The van der Waals surface area contributed by atoms with Crippen LogP contribution < -0.4 is 4.72 Å². The molecule has 0 N–H and O–H groups in total. The number of nitrogens with zero attached hydrogens (tertiary/aromatic N) is 3. The van der Waals surface area contributed by atoms with Crippen molar-refractivity contribution in [1.29, 1.82) is 0 Å². The maximum absolute atomic E-state index is 4.88. The Labute approximate surface area is 159 Å². The van der Waals surface area contributed by atoms with E-state index in [1.54, 1.807) is 0 Å². The Morgan fingerprint density at radius 1 is 0.808 bits per heavy atom. The molecule has 0 bridgehead atoms. The molecule has 128 valence electrons. The first-order valence-electron chi connectivity index (χ1n) is 8.56. The molecule has 0 unspecified atom stereocenters. The van der Waals surface area contributed by atoms with Crippen LogP contribution in [0.25, 0.3) is 17.1 Å². The summed E-state index contributed by atoms with van der Waals surface area (Å²) < 4.78 is 2.90. The predicted molar refractivity (Wildman–Crippen MR) is 107 cm³/mol. The van der Waals surface area contributed by atoms with E-state index in [9.17, 15) is 0 Å². The molecule has 26 heavy (non-hydrogen) atoms. The van der Waals surface area contributed by atoms with Crippen LogP contribution in [-0.4, -0.2) is 29.7 Å². The average Bonchev–Trinajstić information content (AvgIpc) is 3.13. The van der Waals surface area contributed by atoms with Crippen molar-refractivity contribution in [3.05, 3.63) is 96.1 Å². The summed E-state index contributed by atoms with van der Waals surface area (Å²) in [6.07, 6.45) is 0. The fraction of sp³-hybridized carbons (Fsp3) is 0.0909. The van der Waals surface area contributed by atoms with Crippen LogP contribution in [0.1, 0.15) is 11.1 Å². The fourth-order valence-electron chi connectivity index (χ4n) is 2.72. The van der Waals surface area contributed by atoms with Gasteiger partial charge in [-0.25, -0.2) is 0 Å². The van der Waals surface area contributed by atoms with E-state index >= 15 is 0 Å². The number of rotatable bonds is 5. The summed E-state index contributed by atoms with van der Waals surface area (Å²) >= 11 is 0.195. The molecule has 1 heterocycles. The molecule has 0 spiro atoms. The van der Waals surface area contributed by atoms with Crippen LogP contribution in [0.3, 0.4) is 0 Å². The zero-order chi connectivity index (χ0) is 17.8. The summed E-state index contributed by atoms with van der Waals surface area (Å²) in [4.78, 5) is 4.88. The molecule has 0 saturated carbocycles. The summed E-state index contributed by atoms with van der Waals surface area (Å²) in [5, 5.41) is 5.83. The second-order valence-corrected chi connectivity index (χ2v) is 8.08.